The molecule has 0 heterocycles. The van der Waals surface area contributed by atoms with E-state index in [1.54, 1.807) is 0 Å². The molecule has 126 valence electrons. The van der Waals surface area contributed by atoms with Gasteiger partial charge in [0.1, 0.15) is 0 Å². The molecule has 2 heteroatoms. The van der Waals surface area contributed by atoms with Crippen molar-refractivity contribution in [2.75, 3.05) is 0 Å². The van der Waals surface area contributed by atoms with Gasteiger partial charge in [0.05, 0.1) is 11.7 Å². The number of allylic oxidation sites excluding steroid dienone is 2. The first-order valence-electron chi connectivity index (χ1n) is 8.87. The molecule has 4 atom stereocenters. The standard InChI is InChI=1S/C20H34O2/c1-14-6-9-18(21)15(2)7-8-17-16(19(3,4)22)11-13-20(17,5)12-10-14/h10,16-18,21-22H,2,6-9,11-13H2,1,3-5H3/b14-10+/t16-,17+,18-,20+/m1/s1. The molecule has 22 heavy (non-hydrogen) atoms. The number of rotatable bonds is 1. The van der Waals surface area contributed by atoms with E-state index >= 15 is 0 Å². The topological polar surface area (TPSA) is 40.5 Å². The normalized spacial score (nSPS) is 40.5. The summed E-state index contributed by atoms with van der Waals surface area (Å²) in [5.74, 6) is 0.843. The van der Waals surface area contributed by atoms with E-state index in [9.17, 15) is 10.2 Å². The monoisotopic (exact) mass is 306 g/mol. The molecule has 0 unspecified atom stereocenters. The first kappa shape index (κ1) is 17.7. The van der Waals surface area contributed by atoms with Gasteiger partial charge in [-0.15, -0.1) is 0 Å². The van der Waals surface area contributed by atoms with Crippen LogP contribution in [0.5, 0.6) is 0 Å². The van der Waals surface area contributed by atoms with Crippen LogP contribution in [0, 0.1) is 17.3 Å². The van der Waals surface area contributed by atoms with Crippen LogP contribution in [0.15, 0.2) is 23.8 Å². The van der Waals surface area contributed by atoms with Crippen molar-refractivity contribution in [1.29, 1.82) is 0 Å². The minimum atomic E-state index is -0.624. The lowest BCUT2D eigenvalue weighted by Gasteiger charge is -2.38. The molecule has 0 saturated heterocycles. The summed E-state index contributed by atoms with van der Waals surface area (Å²) in [5, 5.41) is 20.9. The van der Waals surface area contributed by atoms with Crippen LogP contribution in [-0.2, 0) is 0 Å². The van der Waals surface area contributed by atoms with Gasteiger partial charge >= 0.3 is 0 Å². The molecule has 2 aliphatic rings. The van der Waals surface area contributed by atoms with Gasteiger partial charge in [0.2, 0.25) is 0 Å². The van der Waals surface area contributed by atoms with Gasteiger partial charge in [0.25, 0.3) is 0 Å². The Kier molecular flexibility index (Phi) is 5.23. The van der Waals surface area contributed by atoms with E-state index in [4.69, 9.17) is 0 Å². The fourth-order valence-electron chi connectivity index (χ4n) is 4.59. The molecular weight excluding hydrogens is 272 g/mol. The van der Waals surface area contributed by atoms with Crippen molar-refractivity contribution in [2.45, 2.75) is 84.3 Å². The first-order chi connectivity index (χ1) is 10.1. The van der Waals surface area contributed by atoms with Crippen LogP contribution in [-0.4, -0.2) is 21.9 Å². The second-order valence-electron chi connectivity index (χ2n) is 8.57. The van der Waals surface area contributed by atoms with E-state index in [2.05, 4.69) is 26.5 Å². The van der Waals surface area contributed by atoms with Crippen molar-refractivity contribution in [3.05, 3.63) is 23.8 Å². The minimum absolute atomic E-state index is 0.265. The zero-order chi connectivity index (χ0) is 16.5. The Labute approximate surface area is 136 Å². The molecule has 0 aromatic rings. The van der Waals surface area contributed by atoms with E-state index in [1.165, 1.54) is 12.0 Å². The van der Waals surface area contributed by atoms with E-state index in [-0.39, 0.29) is 11.5 Å². The van der Waals surface area contributed by atoms with E-state index in [0.29, 0.717) is 11.8 Å². The molecule has 2 nitrogen and oxygen atoms in total. The van der Waals surface area contributed by atoms with Crippen molar-refractivity contribution in [1.82, 2.24) is 0 Å². The highest BCUT2D eigenvalue weighted by Crippen LogP contribution is 2.55. The van der Waals surface area contributed by atoms with E-state index in [0.717, 1.165) is 44.1 Å². The third kappa shape index (κ3) is 3.83. The van der Waals surface area contributed by atoms with Gasteiger partial charge in [0, 0.05) is 0 Å². The molecule has 0 aromatic carbocycles. The first-order valence-corrected chi connectivity index (χ1v) is 8.87. The lowest BCUT2D eigenvalue weighted by atomic mass is 9.68. The molecule has 0 aromatic heterocycles. The molecule has 0 radical (unpaired) electrons. The van der Waals surface area contributed by atoms with Gasteiger partial charge in [-0.1, -0.05) is 25.2 Å². The predicted octanol–water partition coefficient (Wildman–Crippen LogP) is 4.62. The molecular formula is C20H34O2. The third-order valence-corrected chi connectivity index (χ3v) is 6.29. The lowest BCUT2D eigenvalue weighted by molar-refractivity contribution is -0.0164. The lowest BCUT2D eigenvalue weighted by Crippen LogP contribution is -2.37. The highest BCUT2D eigenvalue weighted by atomic mass is 16.3. The smallest absolute Gasteiger partial charge is 0.0750 e. The van der Waals surface area contributed by atoms with Gasteiger partial charge < -0.3 is 10.2 Å². The Morgan fingerprint density at radius 2 is 1.91 bits per heavy atom. The molecule has 0 amide bonds. The fourth-order valence-corrected chi connectivity index (χ4v) is 4.59. The van der Waals surface area contributed by atoms with Crippen LogP contribution < -0.4 is 0 Å². The molecule has 0 aliphatic heterocycles. The number of aliphatic hydroxyl groups is 2. The number of aliphatic hydroxyl groups excluding tert-OH is 1. The van der Waals surface area contributed by atoms with Gasteiger partial charge in [-0.25, -0.2) is 0 Å². The Morgan fingerprint density at radius 1 is 1.23 bits per heavy atom. The summed E-state index contributed by atoms with van der Waals surface area (Å²) >= 11 is 0. The third-order valence-electron chi connectivity index (χ3n) is 6.29. The number of fused-ring (bicyclic) bond motifs is 1. The molecule has 0 spiro atoms. The summed E-state index contributed by atoms with van der Waals surface area (Å²) in [4.78, 5) is 0. The Bertz CT molecular complexity index is 443. The molecule has 0 bridgehead atoms. The zero-order valence-electron chi connectivity index (χ0n) is 14.9. The van der Waals surface area contributed by atoms with Crippen LogP contribution in [0.25, 0.3) is 0 Å². The summed E-state index contributed by atoms with van der Waals surface area (Å²) in [6.45, 7) is 12.6. The molecule has 1 saturated carbocycles. The van der Waals surface area contributed by atoms with E-state index in [1.807, 2.05) is 13.8 Å². The van der Waals surface area contributed by atoms with Crippen molar-refractivity contribution in [3.8, 4) is 0 Å². The average molecular weight is 306 g/mol. The minimum Gasteiger partial charge on any atom is -0.390 e. The largest absolute Gasteiger partial charge is 0.390 e. The molecule has 1 fully saturated rings. The zero-order valence-corrected chi connectivity index (χ0v) is 14.9. The summed E-state index contributed by atoms with van der Waals surface area (Å²) < 4.78 is 0. The molecule has 2 aliphatic carbocycles. The quantitative estimate of drug-likeness (QED) is 0.694. The van der Waals surface area contributed by atoms with Gasteiger partial charge in [-0.05, 0) is 88.5 Å². The summed E-state index contributed by atoms with van der Waals surface area (Å²) in [5.41, 5.74) is 1.99. The summed E-state index contributed by atoms with van der Waals surface area (Å²) in [6.07, 6.45) is 9.04. The van der Waals surface area contributed by atoms with Crippen molar-refractivity contribution >= 4 is 0 Å². The maximum absolute atomic E-state index is 10.6. The van der Waals surface area contributed by atoms with Crippen molar-refractivity contribution in [2.24, 2.45) is 17.3 Å². The Morgan fingerprint density at radius 3 is 2.55 bits per heavy atom. The number of hydrogen-bond acceptors (Lipinski definition) is 2. The van der Waals surface area contributed by atoms with Crippen LogP contribution in [0.1, 0.15) is 72.6 Å². The highest BCUT2D eigenvalue weighted by Gasteiger charge is 2.48. The Balaban J connectivity index is 2.28. The van der Waals surface area contributed by atoms with Crippen LogP contribution in [0.2, 0.25) is 0 Å². The molecule has 2 N–H and O–H groups in total. The maximum atomic E-state index is 10.6. The van der Waals surface area contributed by atoms with Gasteiger partial charge in [-0.2, -0.15) is 0 Å². The second kappa shape index (κ2) is 6.49. The van der Waals surface area contributed by atoms with Crippen LogP contribution in [0.4, 0.5) is 0 Å². The number of hydrogen-bond donors (Lipinski definition) is 2. The summed E-state index contributed by atoms with van der Waals surface area (Å²) in [7, 11) is 0. The fraction of sp³-hybridized carbons (Fsp3) is 0.800. The SMILES string of the molecule is C=C1CC[C@H]2[C@H](C(C)(C)O)CC[C@]2(C)C/C=C(\C)CC[C@H]1O. The van der Waals surface area contributed by atoms with E-state index < -0.39 is 5.60 Å². The van der Waals surface area contributed by atoms with Crippen molar-refractivity contribution < 1.29 is 10.2 Å². The highest BCUT2D eigenvalue weighted by molar-refractivity contribution is 5.11. The van der Waals surface area contributed by atoms with Crippen LogP contribution >= 0.6 is 0 Å². The predicted molar refractivity (Wildman–Crippen MR) is 92.6 cm³/mol. The second-order valence-corrected chi connectivity index (χ2v) is 8.57. The summed E-state index contributed by atoms with van der Waals surface area (Å²) in [6, 6.07) is 0. The maximum Gasteiger partial charge on any atom is 0.0750 e. The van der Waals surface area contributed by atoms with Crippen molar-refractivity contribution in [3.63, 3.8) is 0 Å². The van der Waals surface area contributed by atoms with Crippen LogP contribution in [0.3, 0.4) is 0 Å². The van der Waals surface area contributed by atoms with Gasteiger partial charge in [-0.3, -0.25) is 0 Å². The van der Waals surface area contributed by atoms with Gasteiger partial charge in [0.15, 0.2) is 0 Å². The Hall–Kier alpha value is -0.600. The average Bonchev–Trinajstić information content (AvgIpc) is 2.76. The molecule has 2 rings (SSSR count).